The van der Waals surface area contributed by atoms with Crippen molar-refractivity contribution in [3.63, 3.8) is 0 Å². The minimum Gasteiger partial charge on any atom is -0.305 e. The summed E-state index contributed by atoms with van der Waals surface area (Å²) in [6.45, 7) is 2.63. The van der Waals surface area contributed by atoms with Crippen LogP contribution < -0.4 is 5.32 Å². The van der Waals surface area contributed by atoms with Crippen molar-refractivity contribution in [2.24, 2.45) is 0 Å². The lowest BCUT2D eigenvalue weighted by Gasteiger charge is -2.12. The summed E-state index contributed by atoms with van der Waals surface area (Å²) in [4.78, 5) is 3.82. The van der Waals surface area contributed by atoms with Gasteiger partial charge in [-0.05, 0) is 24.6 Å². The molecular formula is C11H13FN4. The maximum Gasteiger partial charge on any atom is 0.141 e. The topological polar surface area (TPSA) is 53.6 Å². The van der Waals surface area contributed by atoms with Gasteiger partial charge in [0, 0.05) is 30.7 Å². The van der Waals surface area contributed by atoms with E-state index in [1.54, 1.807) is 12.4 Å². The van der Waals surface area contributed by atoms with Gasteiger partial charge in [0.05, 0.1) is 6.20 Å². The highest BCUT2D eigenvalue weighted by molar-refractivity contribution is 5.14. The van der Waals surface area contributed by atoms with E-state index in [0.29, 0.717) is 6.54 Å². The molecule has 0 radical (unpaired) electrons. The average Bonchev–Trinajstić information content (AvgIpc) is 2.78. The normalized spacial score (nSPS) is 12.6. The molecule has 2 N–H and O–H groups in total. The van der Waals surface area contributed by atoms with E-state index in [2.05, 4.69) is 20.5 Å². The summed E-state index contributed by atoms with van der Waals surface area (Å²) in [7, 11) is 0. The zero-order chi connectivity index (χ0) is 11.4. The number of aromatic amines is 1. The predicted molar refractivity (Wildman–Crippen MR) is 58.0 cm³/mol. The number of aromatic nitrogens is 3. The molecule has 2 aromatic rings. The first-order chi connectivity index (χ1) is 7.75. The monoisotopic (exact) mass is 220 g/mol. The van der Waals surface area contributed by atoms with Crippen molar-refractivity contribution in [3.05, 3.63) is 47.8 Å². The third-order valence-electron chi connectivity index (χ3n) is 2.38. The van der Waals surface area contributed by atoms with Gasteiger partial charge in [-0.2, -0.15) is 5.10 Å². The molecule has 84 valence electrons. The molecule has 0 saturated carbocycles. The zero-order valence-electron chi connectivity index (χ0n) is 8.94. The van der Waals surface area contributed by atoms with Crippen LogP contribution in [-0.4, -0.2) is 15.2 Å². The first kappa shape index (κ1) is 10.8. The molecule has 16 heavy (non-hydrogen) atoms. The van der Waals surface area contributed by atoms with Crippen LogP contribution in [0.15, 0.2) is 30.7 Å². The molecule has 4 nitrogen and oxygen atoms in total. The fourth-order valence-electron chi connectivity index (χ4n) is 1.43. The van der Waals surface area contributed by atoms with Gasteiger partial charge >= 0.3 is 0 Å². The number of nitrogens with zero attached hydrogens (tertiary/aromatic N) is 2. The molecule has 0 aliphatic rings. The molecule has 0 fully saturated rings. The van der Waals surface area contributed by atoms with Crippen molar-refractivity contribution in [3.8, 4) is 0 Å². The third-order valence-corrected chi connectivity index (χ3v) is 2.38. The van der Waals surface area contributed by atoms with Crippen molar-refractivity contribution in [1.82, 2.24) is 20.5 Å². The van der Waals surface area contributed by atoms with Crippen LogP contribution in [0.5, 0.6) is 0 Å². The molecule has 1 unspecified atom stereocenters. The molecular weight excluding hydrogens is 207 g/mol. The number of hydrogen-bond donors (Lipinski definition) is 2. The molecule has 2 heterocycles. The molecule has 0 aliphatic carbocycles. The minimum absolute atomic E-state index is 0.0477. The van der Waals surface area contributed by atoms with E-state index in [9.17, 15) is 4.39 Å². The van der Waals surface area contributed by atoms with Crippen molar-refractivity contribution in [1.29, 1.82) is 0 Å². The van der Waals surface area contributed by atoms with Crippen LogP contribution in [0.2, 0.25) is 0 Å². The number of hydrogen-bond acceptors (Lipinski definition) is 3. The van der Waals surface area contributed by atoms with Crippen LogP contribution >= 0.6 is 0 Å². The summed E-state index contributed by atoms with van der Waals surface area (Å²) in [6, 6.07) is 3.42. The standard InChI is InChI=1S/C11H13FN4/c1-8(9-4-10(12)6-13-5-9)14-7-11-2-3-15-16-11/h2-6,8,14H,7H2,1H3,(H,15,16). The summed E-state index contributed by atoms with van der Waals surface area (Å²) >= 11 is 0. The van der Waals surface area contributed by atoms with E-state index in [4.69, 9.17) is 0 Å². The molecule has 2 rings (SSSR count). The number of H-pyrrole nitrogens is 1. The second kappa shape index (κ2) is 4.85. The SMILES string of the molecule is CC(NCc1ccn[nH]1)c1cncc(F)c1. The van der Waals surface area contributed by atoms with Gasteiger partial charge in [0.1, 0.15) is 5.82 Å². The van der Waals surface area contributed by atoms with E-state index in [1.807, 2.05) is 13.0 Å². The molecule has 2 aromatic heterocycles. The minimum atomic E-state index is -0.312. The van der Waals surface area contributed by atoms with Gasteiger partial charge in [0.15, 0.2) is 0 Å². The Labute approximate surface area is 92.9 Å². The van der Waals surface area contributed by atoms with Crippen molar-refractivity contribution < 1.29 is 4.39 Å². The Morgan fingerprint density at radius 1 is 1.50 bits per heavy atom. The van der Waals surface area contributed by atoms with Gasteiger partial charge in [-0.1, -0.05) is 0 Å². The van der Waals surface area contributed by atoms with Crippen LogP contribution in [0.1, 0.15) is 24.2 Å². The highest BCUT2D eigenvalue weighted by Gasteiger charge is 2.06. The van der Waals surface area contributed by atoms with E-state index < -0.39 is 0 Å². The number of halogens is 1. The van der Waals surface area contributed by atoms with Crippen LogP contribution in [-0.2, 0) is 6.54 Å². The Bertz CT molecular complexity index is 441. The van der Waals surface area contributed by atoms with Crippen LogP contribution in [0.4, 0.5) is 4.39 Å². The van der Waals surface area contributed by atoms with Gasteiger partial charge in [-0.25, -0.2) is 4.39 Å². The van der Waals surface area contributed by atoms with E-state index >= 15 is 0 Å². The maximum atomic E-state index is 12.9. The van der Waals surface area contributed by atoms with Crippen LogP contribution in [0.25, 0.3) is 0 Å². The van der Waals surface area contributed by atoms with Crippen molar-refractivity contribution in [2.75, 3.05) is 0 Å². The Kier molecular flexibility index (Phi) is 3.26. The van der Waals surface area contributed by atoms with Gasteiger partial charge in [-0.15, -0.1) is 0 Å². The molecule has 0 amide bonds. The van der Waals surface area contributed by atoms with E-state index in [-0.39, 0.29) is 11.9 Å². The quantitative estimate of drug-likeness (QED) is 0.826. The molecule has 1 atom stereocenters. The number of rotatable bonds is 4. The lowest BCUT2D eigenvalue weighted by Crippen LogP contribution is -2.18. The first-order valence-corrected chi connectivity index (χ1v) is 5.08. The van der Waals surface area contributed by atoms with Gasteiger partial charge < -0.3 is 5.32 Å². The van der Waals surface area contributed by atoms with E-state index in [0.717, 1.165) is 11.3 Å². The average molecular weight is 220 g/mol. The second-order valence-electron chi connectivity index (χ2n) is 3.62. The zero-order valence-corrected chi connectivity index (χ0v) is 8.94. The summed E-state index contributed by atoms with van der Waals surface area (Å²) < 4.78 is 12.9. The molecule has 0 bridgehead atoms. The second-order valence-corrected chi connectivity index (χ2v) is 3.62. The Morgan fingerprint density at radius 3 is 3.06 bits per heavy atom. The molecule has 0 saturated heterocycles. The molecule has 0 spiro atoms. The van der Waals surface area contributed by atoms with Crippen molar-refractivity contribution >= 4 is 0 Å². The fourth-order valence-corrected chi connectivity index (χ4v) is 1.43. The summed E-state index contributed by atoms with van der Waals surface area (Å²) in [6.07, 6.45) is 4.56. The third kappa shape index (κ3) is 2.64. The van der Waals surface area contributed by atoms with E-state index in [1.165, 1.54) is 12.3 Å². The van der Waals surface area contributed by atoms with Crippen molar-refractivity contribution in [2.45, 2.75) is 19.5 Å². The molecule has 5 heteroatoms. The van der Waals surface area contributed by atoms with Gasteiger partial charge in [0.2, 0.25) is 0 Å². The summed E-state index contributed by atoms with van der Waals surface area (Å²) in [5, 5.41) is 9.95. The smallest absolute Gasteiger partial charge is 0.141 e. The largest absolute Gasteiger partial charge is 0.305 e. The molecule has 0 aromatic carbocycles. The molecule has 0 aliphatic heterocycles. The maximum absolute atomic E-state index is 12.9. The van der Waals surface area contributed by atoms with Gasteiger partial charge in [0.25, 0.3) is 0 Å². The Hall–Kier alpha value is -1.75. The number of pyridine rings is 1. The predicted octanol–water partition coefficient (Wildman–Crippen LogP) is 1.79. The summed E-state index contributed by atoms with van der Waals surface area (Å²) in [5.41, 5.74) is 1.83. The lowest BCUT2D eigenvalue weighted by molar-refractivity contribution is 0.555. The highest BCUT2D eigenvalue weighted by atomic mass is 19.1. The first-order valence-electron chi connectivity index (χ1n) is 5.08. The fraction of sp³-hybridized carbons (Fsp3) is 0.273. The Morgan fingerprint density at radius 2 is 2.38 bits per heavy atom. The number of nitrogens with one attached hydrogen (secondary N) is 2. The lowest BCUT2D eigenvalue weighted by atomic mass is 10.1. The summed E-state index contributed by atoms with van der Waals surface area (Å²) in [5.74, 6) is -0.312. The Balaban J connectivity index is 1.95. The highest BCUT2D eigenvalue weighted by Crippen LogP contribution is 2.12. The van der Waals surface area contributed by atoms with Crippen LogP contribution in [0, 0.1) is 5.82 Å². The van der Waals surface area contributed by atoms with Crippen LogP contribution in [0.3, 0.4) is 0 Å². The van der Waals surface area contributed by atoms with Gasteiger partial charge in [-0.3, -0.25) is 10.1 Å².